The Hall–Kier alpha value is -1.30. The molecule has 1 fully saturated rings. The summed E-state index contributed by atoms with van der Waals surface area (Å²) in [5, 5.41) is 3.17. The van der Waals surface area contributed by atoms with Gasteiger partial charge in [-0.2, -0.15) is 0 Å². The van der Waals surface area contributed by atoms with Crippen molar-refractivity contribution in [3.05, 3.63) is 29.6 Å². The lowest BCUT2D eigenvalue weighted by atomic mass is 9.90. The fourth-order valence-corrected chi connectivity index (χ4v) is 2.13. The topological polar surface area (TPSA) is 21.3 Å². The third-order valence-electron chi connectivity index (χ3n) is 2.99. The van der Waals surface area contributed by atoms with Crippen LogP contribution < -0.4 is 10.1 Å². The van der Waals surface area contributed by atoms with Crippen LogP contribution in [0, 0.1) is 5.82 Å². The van der Waals surface area contributed by atoms with Gasteiger partial charge >= 0.3 is 6.36 Å². The molecule has 100 valence electrons. The van der Waals surface area contributed by atoms with Crippen LogP contribution in [0.2, 0.25) is 0 Å². The molecule has 0 saturated carbocycles. The molecule has 0 unspecified atom stereocenters. The first-order valence-electron chi connectivity index (χ1n) is 5.71. The molecule has 2 nitrogen and oxygen atoms in total. The zero-order valence-electron chi connectivity index (χ0n) is 9.56. The Balaban J connectivity index is 2.13. The Labute approximate surface area is 102 Å². The zero-order valence-corrected chi connectivity index (χ0v) is 9.56. The van der Waals surface area contributed by atoms with Crippen LogP contribution in [-0.2, 0) is 0 Å². The van der Waals surface area contributed by atoms with E-state index in [1.54, 1.807) is 0 Å². The summed E-state index contributed by atoms with van der Waals surface area (Å²) < 4.78 is 53.0. The first-order chi connectivity index (χ1) is 8.46. The Morgan fingerprint density at radius 2 is 1.83 bits per heavy atom. The third kappa shape index (κ3) is 3.35. The van der Waals surface area contributed by atoms with E-state index in [1.165, 1.54) is 6.07 Å². The van der Waals surface area contributed by atoms with Gasteiger partial charge in [0, 0.05) is 0 Å². The van der Waals surface area contributed by atoms with E-state index >= 15 is 0 Å². The van der Waals surface area contributed by atoms with E-state index in [1.807, 2.05) is 0 Å². The van der Waals surface area contributed by atoms with Crippen molar-refractivity contribution in [3.63, 3.8) is 0 Å². The second-order valence-electron chi connectivity index (χ2n) is 4.26. The van der Waals surface area contributed by atoms with Crippen molar-refractivity contribution in [2.24, 2.45) is 0 Å². The highest BCUT2D eigenvalue weighted by Crippen LogP contribution is 2.31. The van der Waals surface area contributed by atoms with Crippen LogP contribution in [0.15, 0.2) is 18.2 Å². The van der Waals surface area contributed by atoms with E-state index in [0.717, 1.165) is 43.6 Å². The maximum Gasteiger partial charge on any atom is 0.573 e. The summed E-state index contributed by atoms with van der Waals surface area (Å²) in [6.07, 6.45) is -3.14. The molecule has 0 aliphatic carbocycles. The van der Waals surface area contributed by atoms with Crippen LogP contribution >= 0.6 is 0 Å². The monoisotopic (exact) mass is 263 g/mol. The number of hydrogen-bond acceptors (Lipinski definition) is 2. The van der Waals surface area contributed by atoms with E-state index < -0.39 is 17.9 Å². The van der Waals surface area contributed by atoms with Crippen LogP contribution in [0.5, 0.6) is 5.75 Å². The largest absolute Gasteiger partial charge is 0.573 e. The normalized spacial score (nSPS) is 17.8. The van der Waals surface area contributed by atoms with E-state index in [2.05, 4.69) is 10.1 Å². The minimum absolute atomic E-state index is 0.195. The number of nitrogens with one attached hydrogen (secondary N) is 1. The molecular formula is C12H13F4NO. The molecule has 1 aromatic carbocycles. The molecule has 1 aliphatic heterocycles. The van der Waals surface area contributed by atoms with Crippen molar-refractivity contribution in [3.8, 4) is 5.75 Å². The van der Waals surface area contributed by atoms with Gasteiger partial charge in [0.2, 0.25) is 0 Å². The summed E-state index contributed by atoms with van der Waals surface area (Å²) in [4.78, 5) is 0. The van der Waals surface area contributed by atoms with Crippen LogP contribution in [0.1, 0.15) is 24.3 Å². The highest BCUT2D eigenvalue weighted by atomic mass is 19.4. The van der Waals surface area contributed by atoms with Gasteiger partial charge in [-0.25, -0.2) is 4.39 Å². The zero-order chi connectivity index (χ0) is 13.2. The van der Waals surface area contributed by atoms with Crippen LogP contribution in [-0.4, -0.2) is 19.5 Å². The molecule has 0 radical (unpaired) electrons. The van der Waals surface area contributed by atoms with Crippen molar-refractivity contribution >= 4 is 0 Å². The van der Waals surface area contributed by atoms with Crippen molar-refractivity contribution in [2.75, 3.05) is 13.1 Å². The second-order valence-corrected chi connectivity index (χ2v) is 4.26. The molecule has 1 saturated heterocycles. The SMILES string of the molecule is Fc1cc(C2CCNCC2)ccc1OC(F)(F)F. The first kappa shape index (κ1) is 13.1. The second kappa shape index (κ2) is 5.14. The summed E-state index contributed by atoms with van der Waals surface area (Å²) in [7, 11) is 0. The lowest BCUT2D eigenvalue weighted by molar-refractivity contribution is -0.275. The number of ether oxygens (including phenoxy) is 1. The van der Waals surface area contributed by atoms with Gasteiger partial charge in [-0.15, -0.1) is 13.2 Å². The predicted octanol–water partition coefficient (Wildman–Crippen LogP) is 3.19. The number of alkyl halides is 3. The molecule has 0 atom stereocenters. The average molecular weight is 263 g/mol. The van der Waals surface area contributed by atoms with Gasteiger partial charge in [-0.3, -0.25) is 0 Å². The van der Waals surface area contributed by atoms with E-state index in [4.69, 9.17) is 0 Å². The Bertz CT molecular complexity index is 413. The van der Waals surface area contributed by atoms with Gasteiger partial charge in [0.25, 0.3) is 0 Å². The van der Waals surface area contributed by atoms with Crippen molar-refractivity contribution in [1.82, 2.24) is 5.32 Å². The summed E-state index contributed by atoms with van der Waals surface area (Å²) in [5.41, 5.74) is 0.725. The lowest BCUT2D eigenvalue weighted by Crippen LogP contribution is -2.26. The highest BCUT2D eigenvalue weighted by molar-refractivity contribution is 5.31. The minimum atomic E-state index is -4.86. The molecule has 0 aromatic heterocycles. The van der Waals surface area contributed by atoms with Gasteiger partial charge in [0.15, 0.2) is 11.6 Å². The smallest absolute Gasteiger partial charge is 0.403 e. The molecule has 0 bridgehead atoms. The maximum absolute atomic E-state index is 13.5. The number of hydrogen-bond donors (Lipinski definition) is 1. The molecule has 6 heteroatoms. The molecular weight excluding hydrogens is 250 g/mol. The fourth-order valence-electron chi connectivity index (χ4n) is 2.13. The minimum Gasteiger partial charge on any atom is -0.403 e. The van der Waals surface area contributed by atoms with Crippen LogP contribution in [0.4, 0.5) is 17.6 Å². The first-order valence-corrected chi connectivity index (χ1v) is 5.71. The summed E-state index contributed by atoms with van der Waals surface area (Å²) >= 11 is 0. The third-order valence-corrected chi connectivity index (χ3v) is 2.99. The van der Waals surface area contributed by atoms with Gasteiger partial charge in [0.1, 0.15) is 0 Å². The highest BCUT2D eigenvalue weighted by Gasteiger charge is 2.32. The average Bonchev–Trinajstić information content (AvgIpc) is 2.31. The number of halogens is 4. The van der Waals surface area contributed by atoms with Crippen molar-refractivity contribution in [2.45, 2.75) is 25.1 Å². The van der Waals surface area contributed by atoms with Gasteiger partial charge < -0.3 is 10.1 Å². The summed E-state index contributed by atoms with van der Waals surface area (Å²) in [5.74, 6) is -1.55. The molecule has 0 spiro atoms. The Morgan fingerprint density at radius 3 is 2.39 bits per heavy atom. The van der Waals surface area contributed by atoms with Gasteiger partial charge in [-0.05, 0) is 49.5 Å². The van der Waals surface area contributed by atoms with Crippen molar-refractivity contribution in [1.29, 1.82) is 0 Å². The molecule has 2 rings (SSSR count). The number of benzene rings is 1. The molecule has 1 aromatic rings. The molecule has 1 aliphatic rings. The lowest BCUT2D eigenvalue weighted by Gasteiger charge is -2.23. The van der Waals surface area contributed by atoms with E-state index in [9.17, 15) is 17.6 Å². The van der Waals surface area contributed by atoms with Gasteiger partial charge in [0.05, 0.1) is 0 Å². The summed E-state index contributed by atoms with van der Waals surface area (Å²) in [6, 6.07) is 3.68. The molecule has 1 N–H and O–H groups in total. The molecule has 0 amide bonds. The Morgan fingerprint density at radius 1 is 1.17 bits per heavy atom. The quantitative estimate of drug-likeness (QED) is 0.827. The predicted molar refractivity (Wildman–Crippen MR) is 57.9 cm³/mol. The standard InChI is InChI=1S/C12H13F4NO/c13-10-7-9(8-3-5-17-6-4-8)1-2-11(10)18-12(14,15)16/h1-2,7-8,17H,3-6H2. The Kier molecular flexibility index (Phi) is 3.75. The molecule has 18 heavy (non-hydrogen) atoms. The molecule has 1 heterocycles. The number of piperidine rings is 1. The maximum atomic E-state index is 13.5. The van der Waals surface area contributed by atoms with E-state index in [0.29, 0.717) is 0 Å². The number of rotatable bonds is 2. The van der Waals surface area contributed by atoms with Crippen LogP contribution in [0.25, 0.3) is 0 Å². The van der Waals surface area contributed by atoms with E-state index in [-0.39, 0.29) is 5.92 Å². The van der Waals surface area contributed by atoms with Gasteiger partial charge in [-0.1, -0.05) is 6.07 Å². The summed E-state index contributed by atoms with van der Waals surface area (Å²) in [6.45, 7) is 1.68. The fraction of sp³-hybridized carbons (Fsp3) is 0.500. The van der Waals surface area contributed by atoms with Crippen LogP contribution in [0.3, 0.4) is 0 Å². The van der Waals surface area contributed by atoms with Crippen molar-refractivity contribution < 1.29 is 22.3 Å².